The quantitative estimate of drug-likeness (QED) is 0.0452. The summed E-state index contributed by atoms with van der Waals surface area (Å²) in [4.78, 5) is 25.8. The molecule has 0 bridgehead atoms. The molecule has 0 aliphatic rings. The van der Waals surface area contributed by atoms with E-state index in [1.807, 2.05) is 0 Å². The second-order valence-electron chi connectivity index (χ2n) is 14.4. The Kier molecular flexibility index (Phi) is 35.3. The van der Waals surface area contributed by atoms with Crippen molar-refractivity contribution >= 4 is 11.9 Å². The third kappa shape index (κ3) is 31.9. The normalized spacial score (nSPS) is 13.4. The van der Waals surface area contributed by atoms with E-state index in [1.165, 1.54) is 135 Å². The fourth-order valence-corrected chi connectivity index (χ4v) is 6.49. The SMILES string of the molecule is CCCCCCCCCCCCC(=O)OC(CCCCCCCCCCC)CC(=O)NC(CO)C(O)CCCCCCCCCCC. The van der Waals surface area contributed by atoms with Crippen molar-refractivity contribution in [3.05, 3.63) is 0 Å². The second kappa shape index (κ2) is 36.1. The van der Waals surface area contributed by atoms with Gasteiger partial charge in [0, 0.05) is 6.42 Å². The van der Waals surface area contributed by atoms with Crippen LogP contribution in [0, 0.1) is 0 Å². The predicted octanol–water partition coefficient (Wildman–Crippen LogP) is 11.3. The Morgan fingerprint density at radius 2 is 0.894 bits per heavy atom. The van der Waals surface area contributed by atoms with Crippen molar-refractivity contribution in [2.45, 2.75) is 244 Å². The van der Waals surface area contributed by atoms with E-state index in [4.69, 9.17) is 4.74 Å². The third-order valence-corrected chi connectivity index (χ3v) is 9.69. The Bertz CT molecular complexity index is 672. The number of aliphatic hydroxyl groups is 2. The Morgan fingerprint density at radius 3 is 1.30 bits per heavy atom. The molecule has 0 aromatic carbocycles. The fourth-order valence-electron chi connectivity index (χ4n) is 6.49. The smallest absolute Gasteiger partial charge is 0.306 e. The van der Waals surface area contributed by atoms with Gasteiger partial charge in [0.1, 0.15) is 6.10 Å². The van der Waals surface area contributed by atoms with Crippen molar-refractivity contribution in [3.63, 3.8) is 0 Å². The third-order valence-electron chi connectivity index (χ3n) is 9.69. The van der Waals surface area contributed by atoms with Crippen LogP contribution in [0.5, 0.6) is 0 Å². The average Bonchev–Trinajstić information content (AvgIpc) is 3.06. The zero-order chi connectivity index (χ0) is 34.6. The number of ether oxygens (including phenoxy) is 1. The van der Waals surface area contributed by atoms with E-state index < -0.39 is 18.2 Å². The number of esters is 1. The molecule has 3 atom stereocenters. The molecule has 0 rings (SSSR count). The van der Waals surface area contributed by atoms with Crippen molar-refractivity contribution in [2.75, 3.05) is 6.61 Å². The van der Waals surface area contributed by atoms with Crippen LogP contribution in [-0.4, -0.2) is 46.9 Å². The number of nitrogens with one attached hydrogen (secondary N) is 1. The van der Waals surface area contributed by atoms with E-state index in [9.17, 15) is 19.8 Å². The van der Waals surface area contributed by atoms with Crippen LogP contribution in [0.3, 0.4) is 0 Å². The molecule has 0 fully saturated rings. The number of carbonyl (C=O) groups is 2. The summed E-state index contributed by atoms with van der Waals surface area (Å²) in [6, 6.07) is -0.688. The van der Waals surface area contributed by atoms with Gasteiger partial charge in [0.25, 0.3) is 0 Å². The summed E-state index contributed by atoms with van der Waals surface area (Å²) in [5.41, 5.74) is 0. The number of aliphatic hydroxyl groups excluding tert-OH is 2. The van der Waals surface area contributed by atoms with Crippen LogP contribution in [-0.2, 0) is 14.3 Å². The van der Waals surface area contributed by atoms with Gasteiger partial charge in [-0.25, -0.2) is 0 Å². The fraction of sp³-hybridized carbons (Fsp3) is 0.951. The van der Waals surface area contributed by atoms with Gasteiger partial charge in [-0.2, -0.15) is 0 Å². The highest BCUT2D eigenvalue weighted by molar-refractivity contribution is 5.77. The first-order valence-electron chi connectivity index (χ1n) is 20.8. The van der Waals surface area contributed by atoms with E-state index in [0.29, 0.717) is 19.3 Å². The number of unbranched alkanes of at least 4 members (excludes halogenated alkanes) is 25. The molecule has 0 aromatic rings. The van der Waals surface area contributed by atoms with Gasteiger partial charge in [-0.15, -0.1) is 0 Å². The zero-order valence-corrected chi connectivity index (χ0v) is 31.7. The highest BCUT2D eigenvalue weighted by Gasteiger charge is 2.24. The summed E-state index contributed by atoms with van der Waals surface area (Å²) in [6.07, 6.45) is 34.5. The summed E-state index contributed by atoms with van der Waals surface area (Å²) in [5, 5.41) is 23.5. The summed E-state index contributed by atoms with van der Waals surface area (Å²) in [7, 11) is 0. The molecule has 6 heteroatoms. The molecule has 280 valence electrons. The first-order valence-corrected chi connectivity index (χ1v) is 20.8. The Morgan fingerprint density at radius 1 is 0.532 bits per heavy atom. The van der Waals surface area contributed by atoms with Gasteiger partial charge in [0.2, 0.25) is 5.91 Å². The highest BCUT2D eigenvalue weighted by atomic mass is 16.5. The molecule has 0 aliphatic carbocycles. The van der Waals surface area contributed by atoms with E-state index in [1.54, 1.807) is 0 Å². The van der Waals surface area contributed by atoms with Gasteiger partial charge < -0.3 is 20.3 Å². The number of hydrogen-bond acceptors (Lipinski definition) is 5. The predicted molar refractivity (Wildman–Crippen MR) is 200 cm³/mol. The van der Waals surface area contributed by atoms with Crippen molar-refractivity contribution in [3.8, 4) is 0 Å². The first-order chi connectivity index (χ1) is 23.0. The largest absolute Gasteiger partial charge is 0.462 e. The van der Waals surface area contributed by atoms with Crippen molar-refractivity contribution < 1.29 is 24.5 Å². The monoisotopic (exact) mass is 668 g/mol. The summed E-state index contributed by atoms with van der Waals surface area (Å²) in [6.45, 7) is 6.43. The van der Waals surface area contributed by atoms with Crippen LogP contribution in [0.4, 0.5) is 0 Å². The van der Waals surface area contributed by atoms with Crippen molar-refractivity contribution in [1.82, 2.24) is 5.32 Å². The topological polar surface area (TPSA) is 95.9 Å². The van der Waals surface area contributed by atoms with Crippen LogP contribution in [0.15, 0.2) is 0 Å². The molecule has 0 radical (unpaired) electrons. The summed E-state index contributed by atoms with van der Waals surface area (Å²) in [5.74, 6) is -0.467. The number of amides is 1. The lowest BCUT2D eigenvalue weighted by atomic mass is 10.0. The van der Waals surface area contributed by atoms with E-state index >= 15 is 0 Å². The maximum Gasteiger partial charge on any atom is 0.306 e. The standard InChI is InChI=1S/C41H81NO5/c1-4-7-10-13-16-19-22-25-28-31-34-41(46)47-37(32-29-26-23-20-17-14-11-8-5-2)35-40(45)42-38(36-43)39(44)33-30-27-24-21-18-15-12-9-6-3/h37-39,43-44H,4-36H2,1-3H3,(H,42,45). The molecule has 47 heavy (non-hydrogen) atoms. The lowest BCUT2D eigenvalue weighted by Gasteiger charge is -2.24. The molecule has 0 saturated carbocycles. The average molecular weight is 668 g/mol. The van der Waals surface area contributed by atoms with Gasteiger partial charge in [-0.3, -0.25) is 9.59 Å². The van der Waals surface area contributed by atoms with Gasteiger partial charge >= 0.3 is 5.97 Å². The molecule has 3 unspecified atom stereocenters. The minimum Gasteiger partial charge on any atom is -0.462 e. The lowest BCUT2D eigenvalue weighted by Crippen LogP contribution is -2.46. The molecule has 0 aliphatic heterocycles. The number of hydrogen-bond donors (Lipinski definition) is 3. The first kappa shape index (κ1) is 45.9. The van der Waals surface area contributed by atoms with E-state index in [-0.39, 0.29) is 24.9 Å². The van der Waals surface area contributed by atoms with Gasteiger partial charge in [0.15, 0.2) is 0 Å². The molecule has 1 amide bonds. The van der Waals surface area contributed by atoms with Crippen molar-refractivity contribution in [1.29, 1.82) is 0 Å². The maximum absolute atomic E-state index is 13.0. The highest BCUT2D eigenvalue weighted by Crippen LogP contribution is 2.17. The molecule has 0 saturated heterocycles. The molecule has 0 aromatic heterocycles. The maximum atomic E-state index is 13.0. The second-order valence-corrected chi connectivity index (χ2v) is 14.4. The molecule has 0 spiro atoms. The van der Waals surface area contributed by atoms with Gasteiger partial charge in [-0.05, 0) is 25.7 Å². The number of rotatable bonds is 37. The van der Waals surface area contributed by atoms with Crippen LogP contribution >= 0.6 is 0 Å². The van der Waals surface area contributed by atoms with Crippen LogP contribution in [0.25, 0.3) is 0 Å². The molecular weight excluding hydrogens is 586 g/mol. The van der Waals surface area contributed by atoms with Crippen LogP contribution in [0.1, 0.15) is 226 Å². The zero-order valence-electron chi connectivity index (χ0n) is 31.7. The summed E-state index contributed by atoms with van der Waals surface area (Å²) >= 11 is 0. The minimum atomic E-state index is -0.775. The van der Waals surface area contributed by atoms with Crippen molar-refractivity contribution in [2.24, 2.45) is 0 Å². The van der Waals surface area contributed by atoms with E-state index in [0.717, 1.165) is 44.9 Å². The minimum absolute atomic E-state index is 0.0854. The Labute approximate surface area is 292 Å². The van der Waals surface area contributed by atoms with Crippen LogP contribution < -0.4 is 5.32 Å². The lowest BCUT2D eigenvalue weighted by molar-refractivity contribution is -0.151. The Hall–Kier alpha value is -1.14. The van der Waals surface area contributed by atoms with Gasteiger partial charge in [-0.1, -0.05) is 188 Å². The summed E-state index contributed by atoms with van der Waals surface area (Å²) < 4.78 is 5.86. The number of carbonyl (C=O) groups excluding carboxylic acids is 2. The Balaban J connectivity index is 4.55. The van der Waals surface area contributed by atoms with E-state index in [2.05, 4.69) is 26.1 Å². The van der Waals surface area contributed by atoms with Gasteiger partial charge in [0.05, 0.1) is 25.2 Å². The molecule has 0 heterocycles. The molecular formula is C41H81NO5. The van der Waals surface area contributed by atoms with Crippen LogP contribution in [0.2, 0.25) is 0 Å². The molecule has 6 nitrogen and oxygen atoms in total. The molecule has 3 N–H and O–H groups in total.